The molecule has 106 valence electrons. The Kier molecular flexibility index (Phi) is 5.37. The molecule has 0 aliphatic carbocycles. The van der Waals surface area contributed by atoms with E-state index in [1.807, 2.05) is 12.1 Å². The fraction of sp³-hybridized carbons (Fsp3) is 0.294. The van der Waals surface area contributed by atoms with Crippen LogP contribution in [0, 0.1) is 0 Å². The van der Waals surface area contributed by atoms with Crippen LogP contribution in [0.15, 0.2) is 36.4 Å². The third kappa shape index (κ3) is 3.14. The molecular formula is C17H17Cl3. The van der Waals surface area contributed by atoms with Crippen LogP contribution >= 0.6 is 34.8 Å². The highest BCUT2D eigenvalue weighted by atomic mass is 35.5. The lowest BCUT2D eigenvalue weighted by Crippen LogP contribution is -2.01. The van der Waals surface area contributed by atoms with Gasteiger partial charge in [-0.05, 0) is 41.2 Å². The van der Waals surface area contributed by atoms with Gasteiger partial charge in [-0.2, -0.15) is 0 Å². The quantitative estimate of drug-likeness (QED) is 0.566. The molecule has 0 radical (unpaired) electrons. The van der Waals surface area contributed by atoms with Crippen LogP contribution in [0.25, 0.3) is 0 Å². The molecule has 0 aromatic heterocycles. The first-order valence-electron chi connectivity index (χ1n) is 6.78. The molecule has 0 amide bonds. The number of alkyl halides is 1. The SMILES string of the molecule is CCc1ccc(CC)c(C(Cl)c2cccc(Cl)c2Cl)c1. The van der Waals surface area contributed by atoms with E-state index in [-0.39, 0.29) is 5.38 Å². The summed E-state index contributed by atoms with van der Waals surface area (Å²) in [5, 5.41) is 0.806. The van der Waals surface area contributed by atoms with Gasteiger partial charge in [0.15, 0.2) is 0 Å². The Hall–Kier alpha value is -0.690. The summed E-state index contributed by atoms with van der Waals surface area (Å²) in [4.78, 5) is 0. The molecule has 2 rings (SSSR count). The molecule has 3 heteroatoms. The van der Waals surface area contributed by atoms with E-state index >= 15 is 0 Å². The van der Waals surface area contributed by atoms with E-state index in [0.717, 1.165) is 24.0 Å². The third-order valence-electron chi connectivity index (χ3n) is 3.53. The van der Waals surface area contributed by atoms with Gasteiger partial charge in [0, 0.05) is 0 Å². The molecule has 0 bridgehead atoms. The zero-order chi connectivity index (χ0) is 14.7. The lowest BCUT2D eigenvalue weighted by molar-refractivity contribution is 1.02. The van der Waals surface area contributed by atoms with Gasteiger partial charge in [0.2, 0.25) is 0 Å². The van der Waals surface area contributed by atoms with Crippen LogP contribution < -0.4 is 0 Å². The molecule has 0 aliphatic rings. The molecule has 20 heavy (non-hydrogen) atoms. The number of benzene rings is 2. The molecule has 0 nitrogen and oxygen atoms in total. The van der Waals surface area contributed by atoms with Gasteiger partial charge in [0.25, 0.3) is 0 Å². The second-order valence-corrected chi connectivity index (χ2v) is 5.97. The fourth-order valence-corrected chi connectivity index (χ4v) is 3.16. The highest BCUT2D eigenvalue weighted by Crippen LogP contribution is 2.38. The van der Waals surface area contributed by atoms with E-state index in [1.54, 1.807) is 6.07 Å². The van der Waals surface area contributed by atoms with Crippen molar-refractivity contribution in [1.82, 2.24) is 0 Å². The Morgan fingerprint density at radius 1 is 0.950 bits per heavy atom. The predicted molar refractivity (Wildman–Crippen MR) is 89.4 cm³/mol. The molecular weight excluding hydrogens is 311 g/mol. The Bertz CT molecular complexity index is 605. The molecule has 1 atom stereocenters. The second kappa shape index (κ2) is 6.85. The number of halogens is 3. The Morgan fingerprint density at radius 2 is 1.70 bits per heavy atom. The standard InChI is InChI=1S/C17H17Cl3/c1-3-11-8-9-12(4-2)14(10-11)16(19)13-6-5-7-15(18)17(13)20/h5-10,16H,3-4H2,1-2H3. The molecule has 0 spiro atoms. The first-order chi connectivity index (χ1) is 9.58. The van der Waals surface area contributed by atoms with Crippen molar-refractivity contribution in [3.63, 3.8) is 0 Å². The summed E-state index contributed by atoms with van der Waals surface area (Å²) in [5.41, 5.74) is 4.51. The van der Waals surface area contributed by atoms with Gasteiger partial charge in [0.1, 0.15) is 0 Å². The maximum atomic E-state index is 6.68. The summed E-state index contributed by atoms with van der Waals surface area (Å²) < 4.78 is 0. The molecule has 0 saturated carbocycles. The fourth-order valence-electron chi connectivity index (χ4n) is 2.31. The minimum atomic E-state index is -0.275. The molecule has 0 aliphatic heterocycles. The monoisotopic (exact) mass is 326 g/mol. The van der Waals surface area contributed by atoms with Crippen LogP contribution in [-0.2, 0) is 12.8 Å². The van der Waals surface area contributed by atoms with Crippen molar-refractivity contribution in [3.05, 3.63) is 68.7 Å². The predicted octanol–water partition coefficient (Wildman–Crippen LogP) is 6.45. The molecule has 0 fully saturated rings. The van der Waals surface area contributed by atoms with Gasteiger partial charge < -0.3 is 0 Å². The number of hydrogen-bond donors (Lipinski definition) is 0. The zero-order valence-corrected chi connectivity index (χ0v) is 13.9. The summed E-state index contributed by atoms with van der Waals surface area (Å²) in [5.74, 6) is 0. The maximum absolute atomic E-state index is 6.68. The van der Waals surface area contributed by atoms with E-state index in [0.29, 0.717) is 10.0 Å². The summed E-state index contributed by atoms with van der Waals surface area (Å²) in [6.45, 7) is 4.27. The largest absolute Gasteiger partial charge is 0.113 e. The van der Waals surface area contributed by atoms with Crippen LogP contribution in [-0.4, -0.2) is 0 Å². The summed E-state index contributed by atoms with van der Waals surface area (Å²) in [6, 6.07) is 12.1. The molecule has 2 aromatic carbocycles. The average Bonchev–Trinajstić information content (AvgIpc) is 2.48. The summed E-state index contributed by atoms with van der Waals surface area (Å²) >= 11 is 19.1. The Balaban J connectivity index is 2.51. The minimum absolute atomic E-state index is 0.275. The molecule has 1 unspecified atom stereocenters. The van der Waals surface area contributed by atoms with Crippen molar-refractivity contribution in [3.8, 4) is 0 Å². The van der Waals surface area contributed by atoms with Crippen molar-refractivity contribution in [2.24, 2.45) is 0 Å². The van der Waals surface area contributed by atoms with Crippen LogP contribution in [0.3, 0.4) is 0 Å². The van der Waals surface area contributed by atoms with Crippen LogP contribution in [0.5, 0.6) is 0 Å². The second-order valence-electron chi connectivity index (χ2n) is 4.75. The van der Waals surface area contributed by atoms with Gasteiger partial charge >= 0.3 is 0 Å². The van der Waals surface area contributed by atoms with Gasteiger partial charge in [-0.25, -0.2) is 0 Å². The maximum Gasteiger partial charge on any atom is 0.0853 e. The topological polar surface area (TPSA) is 0 Å². The van der Waals surface area contributed by atoms with Crippen molar-refractivity contribution in [1.29, 1.82) is 0 Å². The van der Waals surface area contributed by atoms with Crippen LogP contribution in [0.4, 0.5) is 0 Å². The normalized spacial score (nSPS) is 12.4. The van der Waals surface area contributed by atoms with E-state index in [2.05, 4.69) is 32.0 Å². The van der Waals surface area contributed by atoms with Gasteiger partial charge in [-0.1, -0.05) is 67.4 Å². The van der Waals surface area contributed by atoms with Crippen molar-refractivity contribution in [2.45, 2.75) is 32.1 Å². The minimum Gasteiger partial charge on any atom is -0.113 e. The summed E-state index contributed by atoms with van der Waals surface area (Å²) in [7, 11) is 0. The molecule has 0 N–H and O–H groups in total. The van der Waals surface area contributed by atoms with Gasteiger partial charge in [-0.3, -0.25) is 0 Å². The van der Waals surface area contributed by atoms with Gasteiger partial charge in [0.05, 0.1) is 15.4 Å². The van der Waals surface area contributed by atoms with Crippen molar-refractivity contribution in [2.75, 3.05) is 0 Å². The highest BCUT2D eigenvalue weighted by Gasteiger charge is 2.18. The smallest absolute Gasteiger partial charge is 0.0853 e. The van der Waals surface area contributed by atoms with Crippen LogP contribution in [0.2, 0.25) is 10.0 Å². The van der Waals surface area contributed by atoms with Gasteiger partial charge in [-0.15, -0.1) is 11.6 Å². The lowest BCUT2D eigenvalue weighted by atomic mass is 9.95. The zero-order valence-electron chi connectivity index (χ0n) is 11.6. The van der Waals surface area contributed by atoms with E-state index in [1.165, 1.54) is 11.1 Å². The molecule has 0 heterocycles. The van der Waals surface area contributed by atoms with E-state index in [9.17, 15) is 0 Å². The molecule has 0 saturated heterocycles. The Labute approximate surface area is 135 Å². The first kappa shape index (κ1) is 15.7. The number of rotatable bonds is 4. The van der Waals surface area contributed by atoms with Crippen LogP contribution in [0.1, 0.15) is 41.5 Å². The first-order valence-corrected chi connectivity index (χ1v) is 7.97. The summed E-state index contributed by atoms with van der Waals surface area (Å²) in [6.07, 6.45) is 1.94. The van der Waals surface area contributed by atoms with E-state index < -0.39 is 0 Å². The lowest BCUT2D eigenvalue weighted by Gasteiger charge is -2.17. The highest BCUT2D eigenvalue weighted by molar-refractivity contribution is 6.43. The van der Waals surface area contributed by atoms with E-state index in [4.69, 9.17) is 34.8 Å². The molecule has 2 aromatic rings. The third-order valence-corrected chi connectivity index (χ3v) is 4.83. The Morgan fingerprint density at radius 3 is 2.35 bits per heavy atom. The number of aryl methyl sites for hydroxylation is 2. The van der Waals surface area contributed by atoms with Crippen molar-refractivity contribution >= 4 is 34.8 Å². The number of hydrogen-bond acceptors (Lipinski definition) is 0. The average molecular weight is 328 g/mol. The van der Waals surface area contributed by atoms with Crippen molar-refractivity contribution < 1.29 is 0 Å².